The Bertz CT molecular complexity index is 383. The minimum atomic E-state index is -2.24. The second-order valence-electron chi connectivity index (χ2n) is 5.49. The van der Waals surface area contributed by atoms with E-state index in [0.717, 1.165) is 0 Å². The molecule has 2 saturated heterocycles. The van der Waals surface area contributed by atoms with Crippen LogP contribution in [0.25, 0.3) is 0 Å². The minimum absolute atomic E-state index is 0.687. The highest BCUT2D eigenvalue weighted by Crippen LogP contribution is 2.29. The van der Waals surface area contributed by atoms with Gasteiger partial charge in [0.05, 0.1) is 13.2 Å². The number of aliphatic hydroxyl groups excluding tert-OH is 7. The van der Waals surface area contributed by atoms with Crippen LogP contribution in [0.1, 0.15) is 0 Å². The largest absolute Gasteiger partial charge is 0.394 e. The van der Waals surface area contributed by atoms with Crippen molar-refractivity contribution >= 4 is 0 Å². The molecule has 136 valence electrons. The summed E-state index contributed by atoms with van der Waals surface area (Å²) in [5.74, 6) is 0. The molecule has 2 aliphatic heterocycles. The molecular weight excluding hydrogens is 322 g/mol. The zero-order valence-corrected chi connectivity index (χ0v) is 11.9. The zero-order valence-electron chi connectivity index (χ0n) is 11.9. The van der Waals surface area contributed by atoms with Crippen LogP contribution in [0.2, 0.25) is 0 Å². The van der Waals surface area contributed by atoms with E-state index in [4.69, 9.17) is 14.6 Å². The van der Waals surface area contributed by atoms with Crippen molar-refractivity contribution in [1.82, 2.24) is 0 Å². The Morgan fingerprint density at radius 1 is 0.739 bits per heavy atom. The maximum Gasteiger partial charge on any atom is 0.228 e. The molecule has 0 radical (unpaired) electrons. The zero-order chi connectivity index (χ0) is 17.3. The Hall–Kier alpha value is -0.470. The van der Waals surface area contributed by atoms with Gasteiger partial charge in [-0.05, 0) is 0 Å². The molecule has 0 amide bonds. The van der Waals surface area contributed by atoms with Crippen LogP contribution in [0, 0.1) is 0 Å². The standard InChI is InChI=1S/C12H21FO10/c13-11-8(19)7(18)10(4(2-15)21-11)23-12-9(20)6(17)5(16)3(1-14)22-12/h3-12,14-20H,1-2H2/i13-1. The highest BCUT2D eigenvalue weighted by atomic mass is 18.2. The van der Waals surface area contributed by atoms with Gasteiger partial charge in [-0.25, -0.2) is 4.39 Å². The third kappa shape index (κ3) is 3.64. The monoisotopic (exact) mass is 343 g/mol. The van der Waals surface area contributed by atoms with E-state index in [1.54, 1.807) is 0 Å². The summed E-state index contributed by atoms with van der Waals surface area (Å²) in [5.41, 5.74) is 0. The van der Waals surface area contributed by atoms with Crippen LogP contribution in [0.5, 0.6) is 0 Å². The summed E-state index contributed by atoms with van der Waals surface area (Å²) in [4.78, 5) is 0. The van der Waals surface area contributed by atoms with E-state index in [9.17, 15) is 35.0 Å². The van der Waals surface area contributed by atoms with Crippen molar-refractivity contribution in [3.63, 3.8) is 0 Å². The van der Waals surface area contributed by atoms with Crippen molar-refractivity contribution in [3.05, 3.63) is 0 Å². The van der Waals surface area contributed by atoms with Crippen LogP contribution in [-0.4, -0.2) is 110 Å². The fraction of sp³-hybridized carbons (Fsp3) is 1.00. The van der Waals surface area contributed by atoms with Crippen LogP contribution in [0.3, 0.4) is 0 Å². The second-order valence-corrected chi connectivity index (χ2v) is 5.49. The van der Waals surface area contributed by atoms with E-state index >= 15 is 0 Å². The number of hydrogen-bond acceptors (Lipinski definition) is 10. The minimum Gasteiger partial charge on any atom is -0.394 e. The first-order valence-electron chi connectivity index (χ1n) is 7.04. The molecule has 0 aromatic heterocycles. The molecule has 23 heavy (non-hydrogen) atoms. The summed E-state index contributed by atoms with van der Waals surface area (Å²) >= 11 is 0. The van der Waals surface area contributed by atoms with Crippen molar-refractivity contribution < 1.29 is 54.3 Å². The molecule has 0 saturated carbocycles. The Labute approximate surface area is 130 Å². The summed E-state index contributed by atoms with van der Waals surface area (Å²) in [6.45, 7) is -1.45. The number of hydrogen-bond donors (Lipinski definition) is 7. The predicted molar refractivity (Wildman–Crippen MR) is 67.5 cm³/mol. The summed E-state index contributed by atoms with van der Waals surface area (Å²) < 4.78 is 28.3. The third-order valence-corrected chi connectivity index (χ3v) is 3.95. The highest BCUT2D eigenvalue weighted by molar-refractivity contribution is 4.93. The van der Waals surface area contributed by atoms with Crippen molar-refractivity contribution in [2.24, 2.45) is 0 Å². The van der Waals surface area contributed by atoms with Crippen LogP contribution < -0.4 is 0 Å². The summed E-state index contributed by atoms with van der Waals surface area (Å²) in [6, 6.07) is 0. The smallest absolute Gasteiger partial charge is 0.228 e. The lowest BCUT2D eigenvalue weighted by atomic mass is 9.97. The number of alkyl halides is 1. The van der Waals surface area contributed by atoms with E-state index in [1.807, 2.05) is 0 Å². The Morgan fingerprint density at radius 3 is 1.91 bits per heavy atom. The molecule has 7 N–H and O–H groups in total. The molecule has 0 spiro atoms. The van der Waals surface area contributed by atoms with Crippen LogP contribution in [0.4, 0.5) is 4.39 Å². The van der Waals surface area contributed by atoms with Gasteiger partial charge in [-0.15, -0.1) is 0 Å². The molecule has 10 unspecified atom stereocenters. The van der Waals surface area contributed by atoms with E-state index < -0.39 is 74.7 Å². The highest BCUT2D eigenvalue weighted by Gasteiger charge is 2.50. The van der Waals surface area contributed by atoms with Gasteiger partial charge < -0.3 is 50.0 Å². The Morgan fingerprint density at radius 2 is 1.35 bits per heavy atom. The summed E-state index contributed by atoms with van der Waals surface area (Å²) in [7, 11) is 0. The van der Waals surface area contributed by atoms with Gasteiger partial charge in [0, 0.05) is 0 Å². The Kier molecular flexibility index (Phi) is 6.24. The first kappa shape index (κ1) is 18.9. The van der Waals surface area contributed by atoms with Gasteiger partial charge in [0.15, 0.2) is 6.29 Å². The van der Waals surface area contributed by atoms with Crippen molar-refractivity contribution in [2.75, 3.05) is 13.2 Å². The predicted octanol–water partition coefficient (Wildman–Crippen LogP) is -4.42. The molecule has 2 rings (SSSR count). The lowest BCUT2D eigenvalue weighted by molar-refractivity contribution is -0.349. The second kappa shape index (κ2) is 7.61. The van der Waals surface area contributed by atoms with Gasteiger partial charge in [-0.1, -0.05) is 0 Å². The van der Waals surface area contributed by atoms with Crippen molar-refractivity contribution in [1.29, 1.82) is 0 Å². The maximum absolute atomic E-state index is 13.3. The van der Waals surface area contributed by atoms with Gasteiger partial charge in [0.25, 0.3) is 0 Å². The molecule has 2 aliphatic rings. The topological polar surface area (TPSA) is 169 Å². The number of rotatable bonds is 4. The number of halogens is 1. The molecule has 0 aliphatic carbocycles. The number of ether oxygens (including phenoxy) is 3. The number of aliphatic hydroxyl groups is 7. The molecule has 10 nitrogen and oxygen atoms in total. The average Bonchev–Trinajstić information content (AvgIpc) is 2.55. The molecular formula is C12H21FO10. The van der Waals surface area contributed by atoms with Crippen LogP contribution in [0.15, 0.2) is 0 Å². The maximum atomic E-state index is 13.3. The summed E-state index contributed by atoms with van der Waals surface area (Å²) in [5, 5.41) is 66.8. The molecule has 2 heterocycles. The quantitative estimate of drug-likeness (QED) is 0.264. The van der Waals surface area contributed by atoms with Gasteiger partial charge in [0.1, 0.15) is 48.8 Å². The SMILES string of the molecule is OCC1OC(OC2C(CO)OC([18F])C(O)C2O)C(O)C(O)C1O. The fourth-order valence-electron chi connectivity index (χ4n) is 2.54. The lowest BCUT2D eigenvalue weighted by Crippen LogP contribution is -2.64. The fourth-order valence-corrected chi connectivity index (χ4v) is 2.54. The molecule has 0 bridgehead atoms. The van der Waals surface area contributed by atoms with Crippen LogP contribution in [-0.2, 0) is 14.2 Å². The Balaban J connectivity index is 2.11. The van der Waals surface area contributed by atoms with Gasteiger partial charge in [-0.3, -0.25) is 0 Å². The first-order valence-corrected chi connectivity index (χ1v) is 7.04. The molecule has 0 aromatic carbocycles. The van der Waals surface area contributed by atoms with Crippen molar-refractivity contribution in [3.8, 4) is 0 Å². The molecule has 10 atom stereocenters. The third-order valence-electron chi connectivity index (χ3n) is 3.95. The van der Waals surface area contributed by atoms with E-state index in [-0.39, 0.29) is 0 Å². The first-order chi connectivity index (χ1) is 10.8. The van der Waals surface area contributed by atoms with Crippen molar-refractivity contribution in [2.45, 2.75) is 61.5 Å². The summed E-state index contributed by atoms with van der Waals surface area (Å²) in [6.07, 6.45) is -16.8. The van der Waals surface area contributed by atoms with Crippen LogP contribution >= 0.6 is 0 Å². The molecule has 0 aromatic rings. The van der Waals surface area contributed by atoms with Gasteiger partial charge in [0.2, 0.25) is 6.36 Å². The molecule has 2 fully saturated rings. The molecule has 11 heteroatoms. The average molecular weight is 343 g/mol. The van der Waals surface area contributed by atoms with Gasteiger partial charge in [-0.2, -0.15) is 0 Å². The van der Waals surface area contributed by atoms with Gasteiger partial charge >= 0.3 is 0 Å². The normalized spacial score (nSPS) is 51.7. The lowest BCUT2D eigenvalue weighted by Gasteiger charge is -2.44. The van der Waals surface area contributed by atoms with E-state index in [2.05, 4.69) is 4.74 Å². The van der Waals surface area contributed by atoms with E-state index in [1.165, 1.54) is 0 Å². The van der Waals surface area contributed by atoms with E-state index in [0.29, 0.717) is 0 Å².